The maximum absolute atomic E-state index is 6.26. The highest BCUT2D eigenvalue weighted by atomic mass is 79.9. The van der Waals surface area contributed by atoms with Crippen LogP contribution in [0, 0.1) is 0 Å². The lowest BCUT2D eigenvalue weighted by Crippen LogP contribution is -1.94. The van der Waals surface area contributed by atoms with Gasteiger partial charge in [0.25, 0.3) is 0 Å². The van der Waals surface area contributed by atoms with Crippen molar-refractivity contribution in [1.82, 2.24) is 0 Å². The number of methoxy groups -OCH3 is 1. The number of hydrogen-bond acceptors (Lipinski definition) is 1. The van der Waals surface area contributed by atoms with Crippen LogP contribution < -0.4 is 4.74 Å². The van der Waals surface area contributed by atoms with Gasteiger partial charge in [-0.05, 0) is 35.4 Å². The molecule has 0 radical (unpaired) electrons. The second-order valence-corrected chi connectivity index (χ2v) is 6.04. The molecular formula is C14H11Br2ClO. The summed E-state index contributed by atoms with van der Waals surface area (Å²) in [5.74, 6) is 0.763. The van der Waals surface area contributed by atoms with E-state index < -0.39 is 0 Å². The molecule has 0 heterocycles. The highest BCUT2D eigenvalue weighted by Crippen LogP contribution is 2.37. The minimum atomic E-state index is 0.0732. The lowest BCUT2D eigenvalue weighted by molar-refractivity contribution is 0.414. The molecule has 0 spiro atoms. The van der Waals surface area contributed by atoms with Crippen LogP contribution in [0.15, 0.2) is 46.9 Å². The topological polar surface area (TPSA) is 9.23 Å². The molecule has 2 aromatic carbocycles. The molecule has 0 aromatic heterocycles. The largest absolute Gasteiger partial charge is 0.497 e. The highest BCUT2D eigenvalue weighted by molar-refractivity contribution is 9.10. The van der Waals surface area contributed by atoms with Gasteiger partial charge in [-0.2, -0.15) is 0 Å². The molecule has 2 aromatic rings. The normalized spacial score (nSPS) is 12.2. The first-order valence-corrected chi connectivity index (χ1v) is 7.43. The summed E-state index contributed by atoms with van der Waals surface area (Å²) >= 11 is 13.4. The number of hydrogen-bond donors (Lipinski definition) is 0. The van der Waals surface area contributed by atoms with Crippen LogP contribution in [0.4, 0.5) is 0 Å². The third-order valence-corrected chi connectivity index (χ3v) is 4.52. The monoisotopic (exact) mass is 388 g/mol. The Labute approximate surface area is 128 Å². The van der Waals surface area contributed by atoms with Gasteiger partial charge < -0.3 is 4.74 Å². The second-order valence-electron chi connectivity index (χ2n) is 3.80. The standard InChI is InChI=1S/C14H11Br2ClO/c1-18-11-6-7-12(13(17)8-11)14(16)9-2-4-10(15)5-3-9/h2-8,14H,1H3. The molecule has 1 atom stereocenters. The van der Waals surface area contributed by atoms with Gasteiger partial charge in [0.15, 0.2) is 0 Å². The summed E-state index contributed by atoms with van der Waals surface area (Å²) in [5.41, 5.74) is 2.19. The number of alkyl halides is 1. The van der Waals surface area contributed by atoms with Crippen LogP contribution in [0.3, 0.4) is 0 Å². The van der Waals surface area contributed by atoms with E-state index in [0.29, 0.717) is 5.02 Å². The van der Waals surface area contributed by atoms with E-state index in [4.69, 9.17) is 16.3 Å². The van der Waals surface area contributed by atoms with Gasteiger partial charge in [-0.15, -0.1) is 0 Å². The molecule has 0 saturated carbocycles. The number of ether oxygens (including phenoxy) is 1. The fourth-order valence-corrected chi connectivity index (χ4v) is 3.03. The highest BCUT2D eigenvalue weighted by Gasteiger charge is 2.14. The molecule has 0 N–H and O–H groups in total. The molecule has 0 saturated heterocycles. The summed E-state index contributed by atoms with van der Waals surface area (Å²) in [6, 6.07) is 13.9. The molecule has 4 heteroatoms. The quantitative estimate of drug-likeness (QED) is 0.620. The van der Waals surface area contributed by atoms with Crippen LogP contribution in [0.25, 0.3) is 0 Å². The van der Waals surface area contributed by atoms with Crippen molar-refractivity contribution >= 4 is 43.5 Å². The Morgan fingerprint density at radius 1 is 1.11 bits per heavy atom. The SMILES string of the molecule is COc1ccc(C(Br)c2ccc(Br)cc2)c(Cl)c1. The van der Waals surface area contributed by atoms with Crippen LogP contribution in [-0.4, -0.2) is 7.11 Å². The van der Waals surface area contributed by atoms with Crippen molar-refractivity contribution in [2.75, 3.05) is 7.11 Å². The predicted molar refractivity (Wildman–Crippen MR) is 82.9 cm³/mol. The van der Waals surface area contributed by atoms with Crippen LogP contribution >= 0.6 is 43.5 Å². The van der Waals surface area contributed by atoms with Crippen LogP contribution in [0.2, 0.25) is 5.02 Å². The molecule has 0 fully saturated rings. The molecule has 0 aliphatic heterocycles. The Hall–Kier alpha value is -0.510. The zero-order valence-electron chi connectivity index (χ0n) is 9.66. The van der Waals surface area contributed by atoms with Crippen LogP contribution in [0.5, 0.6) is 5.75 Å². The molecule has 1 nitrogen and oxygen atoms in total. The van der Waals surface area contributed by atoms with Crippen molar-refractivity contribution in [1.29, 1.82) is 0 Å². The van der Waals surface area contributed by atoms with E-state index in [1.165, 1.54) is 0 Å². The fourth-order valence-electron chi connectivity index (χ4n) is 1.65. The first-order valence-electron chi connectivity index (χ1n) is 5.35. The average molecular weight is 391 g/mol. The first kappa shape index (κ1) is 13.9. The Kier molecular flexibility index (Phi) is 4.71. The minimum Gasteiger partial charge on any atom is -0.497 e. The van der Waals surface area contributed by atoms with E-state index in [9.17, 15) is 0 Å². The Balaban J connectivity index is 2.33. The van der Waals surface area contributed by atoms with Crippen molar-refractivity contribution in [3.05, 3.63) is 63.1 Å². The van der Waals surface area contributed by atoms with Gasteiger partial charge in [0.1, 0.15) is 5.75 Å². The van der Waals surface area contributed by atoms with Gasteiger partial charge in [-0.25, -0.2) is 0 Å². The van der Waals surface area contributed by atoms with Crippen molar-refractivity contribution < 1.29 is 4.74 Å². The van der Waals surface area contributed by atoms with E-state index in [1.807, 2.05) is 30.3 Å². The molecule has 0 aliphatic rings. The molecular weight excluding hydrogens is 379 g/mol. The molecule has 0 aliphatic carbocycles. The fraction of sp³-hybridized carbons (Fsp3) is 0.143. The Morgan fingerprint density at radius 3 is 2.33 bits per heavy atom. The molecule has 0 amide bonds. The second kappa shape index (κ2) is 6.09. The first-order chi connectivity index (χ1) is 8.61. The summed E-state index contributed by atoms with van der Waals surface area (Å²) in [4.78, 5) is 0.0732. The number of halogens is 3. The summed E-state index contributed by atoms with van der Waals surface area (Å²) in [6.45, 7) is 0. The smallest absolute Gasteiger partial charge is 0.120 e. The van der Waals surface area contributed by atoms with E-state index in [-0.39, 0.29) is 4.83 Å². The predicted octanol–water partition coefficient (Wildman–Crippen LogP) is 5.60. The van der Waals surface area contributed by atoms with Crippen LogP contribution in [-0.2, 0) is 0 Å². The summed E-state index contributed by atoms with van der Waals surface area (Å²) < 4.78 is 6.21. The van der Waals surface area contributed by atoms with E-state index in [0.717, 1.165) is 21.3 Å². The van der Waals surface area contributed by atoms with Gasteiger partial charge in [0, 0.05) is 9.50 Å². The average Bonchev–Trinajstić information content (AvgIpc) is 2.38. The molecule has 0 bridgehead atoms. The maximum Gasteiger partial charge on any atom is 0.120 e. The zero-order chi connectivity index (χ0) is 13.1. The van der Waals surface area contributed by atoms with Gasteiger partial charge in [0.05, 0.1) is 11.9 Å². The summed E-state index contributed by atoms with van der Waals surface area (Å²) in [6.07, 6.45) is 0. The third kappa shape index (κ3) is 3.08. The number of rotatable bonds is 3. The number of benzene rings is 2. The molecule has 18 heavy (non-hydrogen) atoms. The zero-order valence-corrected chi connectivity index (χ0v) is 13.6. The summed E-state index contributed by atoms with van der Waals surface area (Å²) in [5, 5.41) is 0.694. The van der Waals surface area contributed by atoms with E-state index in [1.54, 1.807) is 7.11 Å². The molecule has 2 rings (SSSR count). The van der Waals surface area contributed by atoms with Crippen molar-refractivity contribution in [3.8, 4) is 5.75 Å². The van der Waals surface area contributed by atoms with Gasteiger partial charge in [0.2, 0.25) is 0 Å². The van der Waals surface area contributed by atoms with Crippen molar-refractivity contribution in [2.45, 2.75) is 4.83 Å². The summed E-state index contributed by atoms with van der Waals surface area (Å²) in [7, 11) is 1.63. The van der Waals surface area contributed by atoms with E-state index in [2.05, 4.69) is 44.0 Å². The minimum absolute atomic E-state index is 0.0732. The van der Waals surface area contributed by atoms with Gasteiger partial charge in [-0.1, -0.05) is 61.7 Å². The Bertz CT molecular complexity index is 540. The van der Waals surface area contributed by atoms with E-state index >= 15 is 0 Å². The van der Waals surface area contributed by atoms with Crippen LogP contribution in [0.1, 0.15) is 16.0 Å². The maximum atomic E-state index is 6.26. The van der Waals surface area contributed by atoms with Crippen molar-refractivity contribution in [2.24, 2.45) is 0 Å². The third-order valence-electron chi connectivity index (χ3n) is 2.64. The van der Waals surface area contributed by atoms with Crippen molar-refractivity contribution in [3.63, 3.8) is 0 Å². The molecule has 1 unspecified atom stereocenters. The van der Waals surface area contributed by atoms with Gasteiger partial charge >= 0.3 is 0 Å². The lowest BCUT2D eigenvalue weighted by Gasteiger charge is -2.13. The van der Waals surface area contributed by atoms with Gasteiger partial charge in [-0.3, -0.25) is 0 Å². The Morgan fingerprint density at radius 2 is 1.78 bits per heavy atom. The molecule has 94 valence electrons. The lowest BCUT2D eigenvalue weighted by atomic mass is 10.0.